The number of aliphatic hydroxyl groups is 1. The van der Waals surface area contributed by atoms with Crippen molar-refractivity contribution in [2.24, 2.45) is 0 Å². The van der Waals surface area contributed by atoms with Crippen molar-refractivity contribution in [2.45, 2.75) is 25.9 Å². The fourth-order valence-corrected chi connectivity index (χ4v) is 2.23. The van der Waals surface area contributed by atoms with Crippen molar-refractivity contribution in [2.75, 3.05) is 29.9 Å². The lowest BCUT2D eigenvalue weighted by Gasteiger charge is -2.32. The van der Waals surface area contributed by atoms with Crippen molar-refractivity contribution < 1.29 is 5.11 Å². The van der Waals surface area contributed by atoms with Crippen LogP contribution in [0.2, 0.25) is 0 Å². The van der Waals surface area contributed by atoms with Gasteiger partial charge in [-0.1, -0.05) is 18.1 Å². The maximum Gasteiger partial charge on any atom is 0.0766 e. The molecule has 1 heterocycles. The Morgan fingerprint density at radius 1 is 1.33 bits per heavy atom. The van der Waals surface area contributed by atoms with Crippen molar-refractivity contribution >= 4 is 11.4 Å². The number of anilines is 2. The van der Waals surface area contributed by atoms with Crippen LogP contribution in [-0.2, 0) is 0 Å². The molecule has 1 fully saturated rings. The Hall–Kier alpha value is -1.66. The van der Waals surface area contributed by atoms with Gasteiger partial charge in [0.1, 0.15) is 0 Å². The molecule has 0 aliphatic carbocycles. The van der Waals surface area contributed by atoms with E-state index in [1.165, 1.54) is 5.69 Å². The van der Waals surface area contributed by atoms with Crippen LogP contribution in [0.25, 0.3) is 0 Å². The van der Waals surface area contributed by atoms with E-state index in [-0.39, 0.29) is 6.10 Å². The third-order valence-electron chi connectivity index (χ3n) is 3.25. The molecule has 1 aliphatic rings. The summed E-state index contributed by atoms with van der Waals surface area (Å²) in [4.78, 5) is 2.33. The van der Waals surface area contributed by atoms with Crippen LogP contribution in [0, 0.1) is 11.8 Å². The average molecular weight is 244 g/mol. The molecule has 0 unspecified atom stereocenters. The number of para-hydroxylation sites is 2. The van der Waals surface area contributed by atoms with Gasteiger partial charge in [0.2, 0.25) is 0 Å². The summed E-state index contributed by atoms with van der Waals surface area (Å²) in [6.45, 7) is 4.35. The van der Waals surface area contributed by atoms with E-state index in [1.807, 2.05) is 13.0 Å². The maximum absolute atomic E-state index is 9.56. The molecule has 3 heteroatoms. The van der Waals surface area contributed by atoms with E-state index in [9.17, 15) is 5.11 Å². The smallest absolute Gasteiger partial charge is 0.0766 e. The minimum atomic E-state index is -0.132. The van der Waals surface area contributed by atoms with E-state index in [0.717, 1.165) is 31.6 Å². The van der Waals surface area contributed by atoms with Crippen molar-refractivity contribution in [3.8, 4) is 11.8 Å². The lowest BCUT2D eigenvalue weighted by atomic mass is 10.1. The van der Waals surface area contributed by atoms with Gasteiger partial charge in [-0.2, -0.15) is 0 Å². The number of benzene rings is 1. The number of hydrogen-bond acceptors (Lipinski definition) is 3. The van der Waals surface area contributed by atoms with Gasteiger partial charge in [-0.3, -0.25) is 0 Å². The molecule has 0 spiro atoms. The SMILES string of the molecule is CC#CCNc1ccccc1N1CCC(O)CC1. The molecular weight excluding hydrogens is 224 g/mol. The second kappa shape index (κ2) is 6.32. The van der Waals surface area contributed by atoms with Gasteiger partial charge in [0, 0.05) is 13.1 Å². The summed E-state index contributed by atoms with van der Waals surface area (Å²) in [5.41, 5.74) is 2.33. The fourth-order valence-electron chi connectivity index (χ4n) is 2.23. The Bertz CT molecular complexity index is 439. The molecule has 0 atom stereocenters. The van der Waals surface area contributed by atoms with Gasteiger partial charge in [0.25, 0.3) is 0 Å². The molecule has 0 bridgehead atoms. The van der Waals surface area contributed by atoms with Crippen LogP contribution in [-0.4, -0.2) is 30.8 Å². The summed E-state index contributed by atoms with van der Waals surface area (Å²) in [5, 5.41) is 12.9. The highest BCUT2D eigenvalue weighted by molar-refractivity contribution is 5.70. The maximum atomic E-state index is 9.56. The molecule has 1 saturated heterocycles. The summed E-state index contributed by atoms with van der Waals surface area (Å²) in [5.74, 6) is 5.90. The van der Waals surface area contributed by atoms with Gasteiger partial charge in [0.15, 0.2) is 0 Å². The van der Waals surface area contributed by atoms with Crippen LogP contribution < -0.4 is 10.2 Å². The fraction of sp³-hybridized carbons (Fsp3) is 0.467. The van der Waals surface area contributed by atoms with E-state index in [1.54, 1.807) is 0 Å². The summed E-state index contributed by atoms with van der Waals surface area (Å²) in [7, 11) is 0. The first kappa shape index (κ1) is 12.8. The molecule has 0 amide bonds. The zero-order chi connectivity index (χ0) is 12.8. The van der Waals surface area contributed by atoms with E-state index < -0.39 is 0 Å². The predicted octanol–water partition coefficient (Wildman–Crippen LogP) is 2.08. The number of hydrogen-bond donors (Lipinski definition) is 2. The summed E-state index contributed by atoms with van der Waals surface area (Å²) < 4.78 is 0. The highest BCUT2D eigenvalue weighted by Gasteiger charge is 2.18. The zero-order valence-corrected chi connectivity index (χ0v) is 10.8. The second-order valence-corrected chi connectivity index (χ2v) is 4.52. The normalized spacial score (nSPS) is 16.0. The predicted molar refractivity (Wildman–Crippen MR) is 75.8 cm³/mol. The number of nitrogens with one attached hydrogen (secondary N) is 1. The van der Waals surface area contributed by atoms with E-state index in [4.69, 9.17) is 0 Å². The lowest BCUT2D eigenvalue weighted by Crippen LogP contribution is -2.36. The van der Waals surface area contributed by atoms with Crippen LogP contribution in [0.15, 0.2) is 24.3 Å². The molecular formula is C15H20N2O. The van der Waals surface area contributed by atoms with Crippen molar-refractivity contribution in [3.05, 3.63) is 24.3 Å². The lowest BCUT2D eigenvalue weighted by molar-refractivity contribution is 0.145. The molecule has 96 valence electrons. The molecule has 1 aromatic rings. The van der Waals surface area contributed by atoms with Gasteiger partial charge in [-0.15, -0.1) is 5.92 Å². The monoisotopic (exact) mass is 244 g/mol. The van der Waals surface area contributed by atoms with Crippen LogP contribution >= 0.6 is 0 Å². The molecule has 3 nitrogen and oxygen atoms in total. The largest absolute Gasteiger partial charge is 0.393 e. The second-order valence-electron chi connectivity index (χ2n) is 4.52. The van der Waals surface area contributed by atoms with Crippen molar-refractivity contribution in [3.63, 3.8) is 0 Å². The van der Waals surface area contributed by atoms with Crippen LogP contribution in [0.4, 0.5) is 11.4 Å². The highest BCUT2D eigenvalue weighted by Crippen LogP contribution is 2.28. The van der Waals surface area contributed by atoms with Gasteiger partial charge in [-0.05, 0) is 31.9 Å². The summed E-state index contributed by atoms with van der Waals surface area (Å²) in [6.07, 6.45) is 1.57. The topological polar surface area (TPSA) is 35.5 Å². The number of piperidine rings is 1. The highest BCUT2D eigenvalue weighted by atomic mass is 16.3. The third-order valence-corrected chi connectivity index (χ3v) is 3.25. The first-order chi connectivity index (χ1) is 8.81. The van der Waals surface area contributed by atoms with Crippen LogP contribution in [0.3, 0.4) is 0 Å². The number of nitrogens with zero attached hydrogens (tertiary/aromatic N) is 1. The van der Waals surface area contributed by atoms with Crippen molar-refractivity contribution in [1.82, 2.24) is 0 Å². The average Bonchev–Trinajstić information content (AvgIpc) is 2.41. The number of rotatable bonds is 3. The van der Waals surface area contributed by atoms with Crippen molar-refractivity contribution in [1.29, 1.82) is 0 Å². The Balaban J connectivity index is 2.08. The van der Waals surface area contributed by atoms with Gasteiger partial charge in [-0.25, -0.2) is 0 Å². The Labute approximate surface area is 109 Å². The molecule has 2 N–H and O–H groups in total. The first-order valence-electron chi connectivity index (χ1n) is 6.47. The molecule has 0 aromatic heterocycles. The van der Waals surface area contributed by atoms with E-state index in [0.29, 0.717) is 6.54 Å². The van der Waals surface area contributed by atoms with E-state index >= 15 is 0 Å². The minimum Gasteiger partial charge on any atom is -0.393 e. The van der Waals surface area contributed by atoms with Gasteiger partial charge < -0.3 is 15.3 Å². The van der Waals surface area contributed by atoms with Crippen LogP contribution in [0.5, 0.6) is 0 Å². The van der Waals surface area contributed by atoms with Crippen LogP contribution in [0.1, 0.15) is 19.8 Å². The van der Waals surface area contributed by atoms with E-state index in [2.05, 4.69) is 40.3 Å². The summed E-state index contributed by atoms with van der Waals surface area (Å²) >= 11 is 0. The standard InChI is InChI=1S/C15H20N2O/c1-2-3-10-16-14-6-4-5-7-15(14)17-11-8-13(18)9-12-17/h4-7,13,16,18H,8-12H2,1H3. The number of aliphatic hydroxyl groups excluding tert-OH is 1. The Morgan fingerprint density at radius 2 is 2.06 bits per heavy atom. The Morgan fingerprint density at radius 3 is 2.78 bits per heavy atom. The molecule has 0 radical (unpaired) electrons. The molecule has 18 heavy (non-hydrogen) atoms. The summed E-state index contributed by atoms with van der Waals surface area (Å²) in [6, 6.07) is 8.29. The van der Waals surface area contributed by atoms with Gasteiger partial charge >= 0.3 is 0 Å². The Kier molecular flexibility index (Phi) is 4.49. The minimum absolute atomic E-state index is 0.132. The molecule has 0 saturated carbocycles. The van der Waals surface area contributed by atoms with Gasteiger partial charge in [0.05, 0.1) is 24.0 Å². The third kappa shape index (κ3) is 3.18. The first-order valence-corrected chi connectivity index (χ1v) is 6.47. The quantitative estimate of drug-likeness (QED) is 0.799. The molecule has 1 aliphatic heterocycles. The molecule has 1 aromatic carbocycles. The zero-order valence-electron chi connectivity index (χ0n) is 10.8. The molecule has 2 rings (SSSR count).